The van der Waals surface area contributed by atoms with Crippen LogP contribution >= 0.6 is 11.6 Å². The van der Waals surface area contributed by atoms with Crippen molar-refractivity contribution in [3.8, 4) is 5.75 Å². The van der Waals surface area contributed by atoms with Gasteiger partial charge in [-0.1, -0.05) is 29.8 Å². The Labute approximate surface area is 207 Å². The van der Waals surface area contributed by atoms with Crippen LogP contribution in [0.1, 0.15) is 49.5 Å². The standard InChI is InChI=1S/C25H33ClN2O5S/c1-4-27(5-2)20-14-13-19(24(16-20)33-34(30,31)6-3)17-28(18-21-10-9-15-32-21)25(29)22-11-7-8-12-23(22)26/h7-8,11-14,16,21H,4-6,9-10,15,17-18H2,1-3H3/t21-/m1/s1. The summed E-state index contributed by atoms with van der Waals surface area (Å²) in [5, 5.41) is 0.367. The smallest absolute Gasteiger partial charge is 0.308 e. The number of hydrogen-bond donors (Lipinski definition) is 0. The number of benzene rings is 2. The van der Waals surface area contributed by atoms with Crippen molar-refractivity contribution in [1.29, 1.82) is 0 Å². The zero-order valence-electron chi connectivity index (χ0n) is 20.0. The lowest BCUT2D eigenvalue weighted by atomic mass is 10.1. The predicted molar refractivity (Wildman–Crippen MR) is 135 cm³/mol. The summed E-state index contributed by atoms with van der Waals surface area (Å²) in [4.78, 5) is 17.3. The van der Waals surface area contributed by atoms with Crippen LogP contribution in [0.15, 0.2) is 42.5 Å². The van der Waals surface area contributed by atoms with Gasteiger partial charge in [-0.3, -0.25) is 4.79 Å². The number of carbonyl (C=O) groups excluding carboxylic acids is 1. The Hall–Kier alpha value is -2.29. The van der Waals surface area contributed by atoms with E-state index in [4.69, 9.17) is 20.5 Å². The Morgan fingerprint density at radius 1 is 1.15 bits per heavy atom. The SMILES string of the molecule is CCN(CC)c1ccc(CN(C[C@H]2CCCO2)C(=O)c2ccccc2Cl)c(OS(=O)(=O)CC)c1. The van der Waals surface area contributed by atoms with Crippen LogP contribution in [0, 0.1) is 0 Å². The molecule has 0 aliphatic carbocycles. The highest BCUT2D eigenvalue weighted by Gasteiger charge is 2.26. The fourth-order valence-electron chi connectivity index (χ4n) is 4.00. The van der Waals surface area contributed by atoms with Crippen LogP contribution in [0.4, 0.5) is 5.69 Å². The number of carbonyl (C=O) groups is 1. The monoisotopic (exact) mass is 508 g/mol. The van der Waals surface area contributed by atoms with Gasteiger partial charge in [0.05, 0.1) is 22.4 Å². The molecule has 2 aromatic rings. The second-order valence-electron chi connectivity index (χ2n) is 8.19. The molecule has 1 heterocycles. The van der Waals surface area contributed by atoms with Crippen molar-refractivity contribution in [3.63, 3.8) is 0 Å². The van der Waals surface area contributed by atoms with Gasteiger partial charge in [-0.2, -0.15) is 8.42 Å². The van der Waals surface area contributed by atoms with E-state index in [0.29, 0.717) is 29.3 Å². The van der Waals surface area contributed by atoms with Gasteiger partial charge in [0.2, 0.25) is 0 Å². The average molecular weight is 509 g/mol. The van der Waals surface area contributed by atoms with Crippen LogP contribution in [0.5, 0.6) is 5.75 Å². The summed E-state index contributed by atoms with van der Waals surface area (Å²) < 4.78 is 36.0. The molecule has 0 N–H and O–H groups in total. The Morgan fingerprint density at radius 3 is 2.50 bits per heavy atom. The van der Waals surface area contributed by atoms with Crippen molar-refractivity contribution >= 4 is 33.3 Å². The lowest BCUT2D eigenvalue weighted by Gasteiger charge is -2.28. The number of ether oxygens (including phenoxy) is 1. The van der Waals surface area contributed by atoms with Gasteiger partial charge < -0.3 is 18.7 Å². The van der Waals surface area contributed by atoms with E-state index in [1.165, 1.54) is 6.92 Å². The van der Waals surface area contributed by atoms with Gasteiger partial charge in [-0.15, -0.1) is 0 Å². The first kappa shape index (κ1) is 26.3. The Balaban J connectivity index is 1.99. The zero-order valence-corrected chi connectivity index (χ0v) is 21.6. The number of anilines is 1. The molecule has 1 aliphatic heterocycles. The summed E-state index contributed by atoms with van der Waals surface area (Å²) in [6, 6.07) is 12.4. The van der Waals surface area contributed by atoms with Crippen molar-refractivity contribution in [3.05, 3.63) is 58.6 Å². The first-order chi connectivity index (χ1) is 16.3. The number of nitrogens with zero attached hydrogens (tertiary/aromatic N) is 2. The summed E-state index contributed by atoms with van der Waals surface area (Å²) in [6.07, 6.45) is 1.73. The molecule has 0 spiro atoms. The Bertz CT molecular complexity index is 1080. The number of rotatable bonds is 11. The van der Waals surface area contributed by atoms with Gasteiger partial charge in [0.15, 0.2) is 0 Å². The normalized spacial score (nSPS) is 15.8. The van der Waals surface area contributed by atoms with Gasteiger partial charge in [-0.05, 0) is 51.8 Å². The van der Waals surface area contributed by atoms with Crippen molar-refractivity contribution < 1.29 is 22.1 Å². The first-order valence-corrected chi connectivity index (χ1v) is 13.7. The highest BCUT2D eigenvalue weighted by Crippen LogP contribution is 2.30. The summed E-state index contributed by atoms with van der Waals surface area (Å²) in [5.41, 5.74) is 1.86. The lowest BCUT2D eigenvalue weighted by Crippen LogP contribution is -2.37. The number of halogens is 1. The molecule has 1 saturated heterocycles. The van der Waals surface area contributed by atoms with E-state index in [2.05, 4.69) is 4.90 Å². The third kappa shape index (κ3) is 6.64. The van der Waals surface area contributed by atoms with Gasteiger partial charge in [0.1, 0.15) is 5.75 Å². The molecule has 9 heteroatoms. The molecule has 0 unspecified atom stereocenters. The maximum absolute atomic E-state index is 13.5. The molecule has 2 aromatic carbocycles. The molecule has 7 nitrogen and oxygen atoms in total. The summed E-state index contributed by atoms with van der Waals surface area (Å²) >= 11 is 6.32. The van der Waals surface area contributed by atoms with Gasteiger partial charge >= 0.3 is 10.1 Å². The van der Waals surface area contributed by atoms with Crippen molar-refractivity contribution in [2.75, 3.05) is 36.9 Å². The lowest BCUT2D eigenvalue weighted by molar-refractivity contribution is 0.0506. The minimum absolute atomic E-state index is 0.0786. The van der Waals surface area contributed by atoms with E-state index < -0.39 is 10.1 Å². The average Bonchev–Trinajstić information content (AvgIpc) is 3.34. The van der Waals surface area contributed by atoms with E-state index in [0.717, 1.165) is 31.6 Å². The van der Waals surface area contributed by atoms with Crippen LogP contribution in [0.2, 0.25) is 5.02 Å². The van der Waals surface area contributed by atoms with Crippen molar-refractivity contribution in [2.45, 2.75) is 46.3 Å². The third-order valence-corrected chi connectivity index (χ3v) is 7.42. The minimum Gasteiger partial charge on any atom is -0.382 e. The molecule has 3 rings (SSSR count). The minimum atomic E-state index is -3.76. The van der Waals surface area contributed by atoms with Crippen LogP contribution in [0.3, 0.4) is 0 Å². The zero-order chi connectivity index (χ0) is 24.7. The summed E-state index contributed by atoms with van der Waals surface area (Å²) in [7, 11) is -3.76. The molecule has 1 amide bonds. The molecule has 1 atom stereocenters. The largest absolute Gasteiger partial charge is 0.382 e. The van der Waals surface area contributed by atoms with Gasteiger partial charge in [0, 0.05) is 50.1 Å². The van der Waals surface area contributed by atoms with Crippen LogP contribution < -0.4 is 9.08 Å². The molecular formula is C25H33ClN2O5S. The highest BCUT2D eigenvalue weighted by molar-refractivity contribution is 7.87. The molecule has 0 bridgehead atoms. The Kier molecular flexibility index (Phi) is 9.22. The highest BCUT2D eigenvalue weighted by atomic mass is 35.5. The second-order valence-corrected chi connectivity index (χ2v) is 10.5. The molecule has 0 aromatic heterocycles. The first-order valence-electron chi connectivity index (χ1n) is 11.7. The number of amides is 1. The molecule has 0 radical (unpaired) electrons. The van der Waals surface area contributed by atoms with E-state index >= 15 is 0 Å². The maximum Gasteiger partial charge on any atom is 0.308 e. The van der Waals surface area contributed by atoms with Crippen molar-refractivity contribution in [2.24, 2.45) is 0 Å². The Morgan fingerprint density at radius 2 is 1.88 bits per heavy atom. The maximum atomic E-state index is 13.5. The second kappa shape index (κ2) is 11.9. The quantitative estimate of drug-likeness (QED) is 0.408. The van der Waals surface area contributed by atoms with E-state index in [1.807, 2.05) is 26.0 Å². The third-order valence-electron chi connectivity index (χ3n) is 5.95. The topological polar surface area (TPSA) is 76.2 Å². The molecule has 34 heavy (non-hydrogen) atoms. The fraction of sp³-hybridized carbons (Fsp3) is 0.480. The van der Waals surface area contributed by atoms with Crippen LogP contribution in [-0.2, 0) is 21.4 Å². The predicted octanol–water partition coefficient (Wildman–Crippen LogP) is 4.74. The van der Waals surface area contributed by atoms with Gasteiger partial charge in [-0.25, -0.2) is 0 Å². The van der Waals surface area contributed by atoms with E-state index in [9.17, 15) is 13.2 Å². The van der Waals surface area contributed by atoms with Crippen molar-refractivity contribution in [1.82, 2.24) is 4.90 Å². The summed E-state index contributed by atoms with van der Waals surface area (Å²) in [5.74, 6) is -0.158. The van der Waals surface area contributed by atoms with E-state index in [-0.39, 0.29) is 30.1 Å². The molecule has 186 valence electrons. The van der Waals surface area contributed by atoms with E-state index in [1.54, 1.807) is 35.2 Å². The van der Waals surface area contributed by atoms with Crippen LogP contribution in [0.25, 0.3) is 0 Å². The molecule has 0 saturated carbocycles. The molecule has 1 aliphatic rings. The molecular weight excluding hydrogens is 476 g/mol. The summed E-state index contributed by atoms with van der Waals surface area (Å²) in [6.45, 7) is 8.35. The fourth-order valence-corrected chi connectivity index (χ4v) is 4.76. The number of hydrogen-bond acceptors (Lipinski definition) is 6. The van der Waals surface area contributed by atoms with Crippen LogP contribution in [-0.4, -0.2) is 57.3 Å². The van der Waals surface area contributed by atoms with Gasteiger partial charge in [0.25, 0.3) is 5.91 Å². The molecule has 1 fully saturated rings.